The van der Waals surface area contributed by atoms with Crippen molar-refractivity contribution in [1.82, 2.24) is 0 Å². The third-order valence-electron chi connectivity index (χ3n) is 6.94. The molecule has 0 aromatic heterocycles. The van der Waals surface area contributed by atoms with E-state index in [9.17, 15) is 0 Å². The quantitative estimate of drug-likeness (QED) is 0.131. The van der Waals surface area contributed by atoms with Crippen molar-refractivity contribution in [2.75, 3.05) is 0 Å². The third kappa shape index (κ3) is 5.69. The first-order valence-electron chi connectivity index (χ1n) is 12.8. The van der Waals surface area contributed by atoms with Gasteiger partial charge >= 0.3 is 0 Å². The maximum Gasteiger partial charge on any atom is 0 e. The van der Waals surface area contributed by atoms with Gasteiger partial charge in [-0.2, -0.15) is 0 Å². The number of hydrogen-bond donors (Lipinski definition) is 0. The van der Waals surface area contributed by atoms with Crippen LogP contribution in [0.25, 0.3) is 43.8 Å². The van der Waals surface area contributed by atoms with E-state index in [1.165, 1.54) is 54.9 Å². The van der Waals surface area contributed by atoms with Crippen LogP contribution in [0.3, 0.4) is 0 Å². The van der Waals surface area contributed by atoms with Gasteiger partial charge in [0.2, 0.25) is 0 Å². The van der Waals surface area contributed by atoms with Crippen LogP contribution in [-0.2, 0) is 32.3 Å². The smallest absolute Gasteiger partial charge is 0 e. The van der Waals surface area contributed by atoms with Crippen LogP contribution in [0.4, 0.5) is 0 Å². The molecule has 182 valence electrons. The fourth-order valence-electron chi connectivity index (χ4n) is 5.10. The maximum absolute atomic E-state index is 2.32. The zero-order valence-electron chi connectivity index (χ0n) is 21.2. The molecule has 0 heterocycles. The second-order valence-electron chi connectivity index (χ2n) is 9.39. The van der Waals surface area contributed by atoms with Crippen LogP contribution in [-0.4, -0.2) is 0 Å². The summed E-state index contributed by atoms with van der Waals surface area (Å²) in [6.07, 6.45) is 0.971. The fourth-order valence-corrected chi connectivity index (χ4v) is 5.10. The summed E-state index contributed by atoms with van der Waals surface area (Å²) in [5.41, 5.74) is 8.02. The minimum absolute atomic E-state index is 0. The van der Waals surface area contributed by atoms with Gasteiger partial charge in [-0.15, -0.1) is 68.6 Å². The van der Waals surface area contributed by atoms with E-state index >= 15 is 0 Å². The van der Waals surface area contributed by atoms with Crippen LogP contribution < -0.4 is 0 Å². The van der Waals surface area contributed by atoms with Gasteiger partial charge in [-0.3, -0.25) is 0 Å². The Balaban J connectivity index is 0.000000161. The number of rotatable bonds is 4. The van der Waals surface area contributed by atoms with Crippen molar-refractivity contribution in [3.8, 4) is 22.3 Å². The van der Waals surface area contributed by atoms with Crippen molar-refractivity contribution >= 4 is 21.5 Å². The van der Waals surface area contributed by atoms with Crippen LogP contribution in [0, 0.1) is 0 Å². The summed E-state index contributed by atoms with van der Waals surface area (Å²) in [4.78, 5) is 0. The van der Waals surface area contributed by atoms with Crippen molar-refractivity contribution in [2.45, 2.75) is 6.42 Å². The Morgan fingerprint density at radius 1 is 0.500 bits per heavy atom. The van der Waals surface area contributed by atoms with E-state index in [4.69, 9.17) is 0 Å². The van der Waals surface area contributed by atoms with Crippen LogP contribution in [0.2, 0.25) is 0 Å². The molecule has 38 heavy (non-hydrogen) atoms. The molecule has 0 aliphatic carbocycles. The minimum Gasteiger partial charge on any atom is -0.145 e. The summed E-state index contributed by atoms with van der Waals surface area (Å²) in [6.45, 7) is 0. The van der Waals surface area contributed by atoms with Gasteiger partial charge < -0.3 is 0 Å². The predicted molar refractivity (Wildman–Crippen MR) is 159 cm³/mol. The van der Waals surface area contributed by atoms with E-state index in [-0.39, 0.29) is 25.8 Å². The molecule has 0 aliphatic heterocycles. The Morgan fingerprint density at radius 3 is 1.74 bits per heavy atom. The number of benzene rings is 5. The minimum atomic E-state index is 0. The van der Waals surface area contributed by atoms with E-state index in [2.05, 4.69) is 152 Å². The molecule has 7 rings (SSSR count). The van der Waals surface area contributed by atoms with Crippen molar-refractivity contribution in [2.24, 2.45) is 0 Å². The van der Waals surface area contributed by atoms with Gasteiger partial charge in [-0.25, -0.2) is 0 Å². The van der Waals surface area contributed by atoms with Crippen LogP contribution in [0.15, 0.2) is 158 Å². The van der Waals surface area contributed by atoms with Crippen LogP contribution in [0.5, 0.6) is 0 Å². The predicted octanol–water partition coefficient (Wildman–Crippen LogP) is 10.0. The molecule has 0 radical (unpaired) electrons. The molecule has 1 heteroatoms. The Morgan fingerprint density at radius 2 is 1.05 bits per heavy atom. The van der Waals surface area contributed by atoms with E-state index in [1.54, 1.807) is 0 Å². The third-order valence-corrected chi connectivity index (χ3v) is 6.94. The van der Waals surface area contributed by atoms with Gasteiger partial charge in [0.25, 0.3) is 0 Å². The average molecular weight is 651 g/mol. The molecule has 7 aromatic rings. The molecule has 0 aliphatic rings. The van der Waals surface area contributed by atoms with Gasteiger partial charge in [0.05, 0.1) is 0 Å². The second-order valence-corrected chi connectivity index (χ2v) is 9.39. The number of hydrogen-bond acceptors (Lipinski definition) is 0. The summed E-state index contributed by atoms with van der Waals surface area (Å²) >= 11 is 0. The summed E-state index contributed by atoms with van der Waals surface area (Å²) in [5.74, 6) is 0. The number of fused-ring (bicyclic) bond motifs is 2. The molecule has 0 amide bonds. The molecular weight excluding hydrogens is 623 g/mol. The largest absolute Gasteiger partial charge is 0.145 e. The Bertz CT molecular complexity index is 1690. The van der Waals surface area contributed by atoms with Crippen LogP contribution in [0.1, 0.15) is 11.1 Å². The van der Waals surface area contributed by atoms with Crippen molar-refractivity contribution < 1.29 is 25.8 Å². The SMILES string of the molecule is [Hf].c1ccc(-c2cc3ccccc3[cH-]2)cc1.c1ccc(C[c-]2c(-c3ccccc3)cc3ccccc32)cc1. The molecule has 0 unspecified atom stereocenters. The van der Waals surface area contributed by atoms with Gasteiger partial charge in [0.15, 0.2) is 0 Å². The molecule has 0 bridgehead atoms. The Labute approximate surface area is 243 Å². The standard InChI is InChI=1S/C22H17.C15H11.Hf/c1-3-9-17(10-4-1)15-22-20-14-8-7-13-19(20)16-21(22)18-11-5-2-6-12-18;1-2-6-12(7-3-1)15-10-13-8-4-5-9-14(13)11-15;/h1-14,16H,15H2;1-11H;/q2*-1;. The van der Waals surface area contributed by atoms with Crippen molar-refractivity contribution in [1.29, 1.82) is 0 Å². The Kier molecular flexibility index (Phi) is 8.26. The van der Waals surface area contributed by atoms with Gasteiger partial charge in [0.1, 0.15) is 0 Å². The molecule has 7 aromatic carbocycles. The van der Waals surface area contributed by atoms with Crippen LogP contribution >= 0.6 is 0 Å². The average Bonchev–Trinajstić information content (AvgIpc) is 3.57. The van der Waals surface area contributed by atoms with Crippen molar-refractivity contribution in [3.05, 3.63) is 169 Å². The molecule has 0 atom stereocenters. The van der Waals surface area contributed by atoms with E-state index in [0.717, 1.165) is 6.42 Å². The first-order valence-corrected chi connectivity index (χ1v) is 12.8. The van der Waals surface area contributed by atoms with E-state index in [1.807, 2.05) is 6.07 Å². The van der Waals surface area contributed by atoms with E-state index < -0.39 is 0 Å². The summed E-state index contributed by atoms with van der Waals surface area (Å²) in [7, 11) is 0. The topological polar surface area (TPSA) is 0 Å². The summed E-state index contributed by atoms with van der Waals surface area (Å²) in [5, 5.41) is 5.32. The monoisotopic (exact) mass is 652 g/mol. The first-order chi connectivity index (χ1) is 18.3. The summed E-state index contributed by atoms with van der Waals surface area (Å²) in [6, 6.07) is 55.9. The molecule has 0 saturated heterocycles. The molecular formula is C37H28Hf-2. The van der Waals surface area contributed by atoms with E-state index in [0.29, 0.717) is 0 Å². The molecule has 0 fully saturated rings. The fraction of sp³-hybridized carbons (Fsp3) is 0.0270. The molecule has 0 nitrogen and oxygen atoms in total. The van der Waals surface area contributed by atoms with Gasteiger partial charge in [0, 0.05) is 25.8 Å². The normalized spacial score (nSPS) is 10.5. The van der Waals surface area contributed by atoms with Gasteiger partial charge in [-0.1, -0.05) is 144 Å². The van der Waals surface area contributed by atoms with Crippen molar-refractivity contribution in [3.63, 3.8) is 0 Å². The zero-order chi connectivity index (χ0) is 24.9. The molecule has 0 saturated carbocycles. The zero-order valence-corrected chi connectivity index (χ0v) is 24.8. The van der Waals surface area contributed by atoms with Gasteiger partial charge in [-0.05, 0) is 6.42 Å². The Hall–Kier alpha value is -3.81. The second kappa shape index (κ2) is 12.2. The summed E-state index contributed by atoms with van der Waals surface area (Å²) < 4.78 is 0. The molecule has 0 N–H and O–H groups in total. The maximum atomic E-state index is 2.32. The molecule has 0 spiro atoms. The first kappa shape index (κ1) is 25.8.